The molecule has 7 nitrogen and oxygen atoms in total. The van der Waals surface area contributed by atoms with Crippen LogP contribution in [0.4, 0.5) is 4.79 Å². The van der Waals surface area contributed by atoms with Gasteiger partial charge in [0.25, 0.3) is 0 Å². The van der Waals surface area contributed by atoms with Gasteiger partial charge in [-0.2, -0.15) is 0 Å². The summed E-state index contributed by atoms with van der Waals surface area (Å²) in [7, 11) is 0. The minimum atomic E-state index is -0.665. The first-order chi connectivity index (χ1) is 15.4. The summed E-state index contributed by atoms with van der Waals surface area (Å²) >= 11 is 5.97. The second kappa shape index (κ2) is 12.1. The van der Waals surface area contributed by atoms with Crippen molar-refractivity contribution in [2.24, 2.45) is 5.73 Å². The largest absolute Gasteiger partial charge is 0.473 e. The number of hydrogen-bond acceptors (Lipinski definition) is 5. The van der Waals surface area contributed by atoms with Crippen LogP contribution in [-0.4, -0.2) is 54.0 Å². The lowest BCUT2D eigenvalue weighted by molar-refractivity contribution is 0.0124. The molecule has 1 saturated heterocycles. The number of benzene rings is 2. The molecule has 0 aliphatic carbocycles. The van der Waals surface area contributed by atoms with Crippen LogP contribution in [0, 0.1) is 0 Å². The number of primary amides is 1. The highest BCUT2D eigenvalue weighted by atomic mass is 35.5. The summed E-state index contributed by atoms with van der Waals surface area (Å²) in [5.74, 6) is 0.681. The van der Waals surface area contributed by atoms with Crippen molar-refractivity contribution in [2.45, 2.75) is 51.1 Å². The second-order valence-electron chi connectivity index (χ2n) is 8.31. The number of halogens is 1. The first kappa shape index (κ1) is 24.3. The van der Waals surface area contributed by atoms with E-state index in [9.17, 15) is 9.90 Å². The number of nitrogens with two attached hydrogens (primary N) is 1. The van der Waals surface area contributed by atoms with Gasteiger partial charge in [-0.15, -0.1) is 0 Å². The van der Waals surface area contributed by atoms with Crippen molar-refractivity contribution >= 4 is 17.6 Å². The van der Waals surface area contributed by atoms with E-state index >= 15 is 0 Å². The van der Waals surface area contributed by atoms with Gasteiger partial charge in [0.2, 0.25) is 0 Å². The average Bonchev–Trinajstić information content (AvgIpc) is 2.76. The van der Waals surface area contributed by atoms with Crippen LogP contribution >= 0.6 is 11.6 Å². The molecule has 0 spiro atoms. The van der Waals surface area contributed by atoms with Gasteiger partial charge in [-0.05, 0) is 74.7 Å². The SMILES string of the molecule is C[C@H](O)C(NC1CCN(Cc2ccc(Cl)cc2)CC1)Oc1cccc(CCNC(N)=O)c1. The molecule has 1 aliphatic rings. The van der Waals surface area contributed by atoms with Gasteiger partial charge in [0.05, 0.1) is 0 Å². The highest BCUT2D eigenvalue weighted by molar-refractivity contribution is 6.30. The third-order valence-electron chi connectivity index (χ3n) is 5.62. The molecule has 0 bridgehead atoms. The fraction of sp³-hybridized carbons (Fsp3) is 0.458. The Morgan fingerprint density at radius 1 is 1.22 bits per heavy atom. The number of urea groups is 1. The van der Waals surface area contributed by atoms with E-state index in [4.69, 9.17) is 22.1 Å². The normalized spacial score (nSPS) is 17.0. The Balaban J connectivity index is 1.48. The molecule has 1 heterocycles. The predicted molar refractivity (Wildman–Crippen MR) is 127 cm³/mol. The monoisotopic (exact) mass is 460 g/mol. The third-order valence-corrected chi connectivity index (χ3v) is 5.87. The standard InChI is InChI=1S/C24H33ClN4O3/c1-17(30)23(32-22-4-2-3-18(15-22)9-12-27-24(26)31)28-21-10-13-29(14-11-21)16-19-5-7-20(25)8-6-19/h2-8,15,17,21,23,28,30H,9-14,16H2,1H3,(H3,26,27,31)/t17-,23?/m0/s1. The maximum absolute atomic E-state index is 10.8. The number of amides is 2. The van der Waals surface area contributed by atoms with E-state index in [1.807, 2.05) is 36.4 Å². The van der Waals surface area contributed by atoms with Crippen molar-refractivity contribution in [1.82, 2.24) is 15.5 Å². The van der Waals surface area contributed by atoms with Gasteiger partial charge < -0.3 is 20.9 Å². The van der Waals surface area contributed by atoms with Gasteiger partial charge in [-0.1, -0.05) is 35.9 Å². The topological polar surface area (TPSA) is 99.8 Å². The van der Waals surface area contributed by atoms with Gasteiger partial charge >= 0.3 is 6.03 Å². The number of nitrogens with zero attached hydrogens (tertiary/aromatic N) is 1. The Morgan fingerprint density at radius 2 is 1.94 bits per heavy atom. The first-order valence-electron chi connectivity index (χ1n) is 11.1. The molecular weight excluding hydrogens is 428 g/mol. The smallest absolute Gasteiger partial charge is 0.312 e. The van der Waals surface area contributed by atoms with Crippen molar-refractivity contribution in [3.05, 3.63) is 64.7 Å². The number of aliphatic hydroxyl groups excluding tert-OH is 1. The second-order valence-corrected chi connectivity index (χ2v) is 8.75. The number of aliphatic hydroxyl groups is 1. The van der Waals surface area contributed by atoms with E-state index in [0.717, 1.165) is 43.1 Å². The van der Waals surface area contributed by atoms with Crippen LogP contribution in [-0.2, 0) is 13.0 Å². The fourth-order valence-electron chi connectivity index (χ4n) is 3.86. The van der Waals surface area contributed by atoms with E-state index in [0.29, 0.717) is 18.7 Å². The third kappa shape index (κ3) is 7.98. The van der Waals surface area contributed by atoms with E-state index in [1.54, 1.807) is 6.92 Å². The lowest BCUT2D eigenvalue weighted by Gasteiger charge is -2.35. The maximum atomic E-state index is 10.8. The van der Waals surface area contributed by atoms with Crippen LogP contribution in [0.1, 0.15) is 30.9 Å². The molecule has 0 aromatic heterocycles. The van der Waals surface area contributed by atoms with Gasteiger partial charge in [0, 0.05) is 24.2 Å². The van der Waals surface area contributed by atoms with E-state index in [2.05, 4.69) is 27.7 Å². The van der Waals surface area contributed by atoms with Crippen molar-refractivity contribution < 1.29 is 14.6 Å². The summed E-state index contributed by atoms with van der Waals surface area (Å²) in [5, 5.41) is 17.1. The maximum Gasteiger partial charge on any atom is 0.312 e. The van der Waals surface area contributed by atoms with Gasteiger partial charge in [-0.25, -0.2) is 4.79 Å². The van der Waals surface area contributed by atoms with Crippen LogP contribution in [0.25, 0.3) is 0 Å². The molecular formula is C24H33ClN4O3. The summed E-state index contributed by atoms with van der Waals surface area (Å²) < 4.78 is 6.08. The number of nitrogens with one attached hydrogen (secondary N) is 2. The number of piperidine rings is 1. The van der Waals surface area contributed by atoms with Gasteiger partial charge in [-0.3, -0.25) is 10.2 Å². The minimum absolute atomic E-state index is 0.277. The van der Waals surface area contributed by atoms with Crippen molar-refractivity contribution in [2.75, 3.05) is 19.6 Å². The van der Waals surface area contributed by atoms with Crippen LogP contribution in [0.15, 0.2) is 48.5 Å². The number of rotatable bonds is 10. The molecule has 1 unspecified atom stereocenters. The zero-order valence-electron chi connectivity index (χ0n) is 18.5. The number of ether oxygens (including phenoxy) is 1. The Morgan fingerprint density at radius 3 is 2.59 bits per heavy atom. The van der Waals surface area contributed by atoms with Crippen LogP contribution < -0.4 is 21.1 Å². The Bertz CT molecular complexity index is 855. The Hall–Kier alpha value is -2.32. The number of carbonyl (C=O) groups excluding carboxylic acids is 1. The van der Waals surface area contributed by atoms with E-state index in [1.165, 1.54) is 5.56 Å². The predicted octanol–water partition coefficient (Wildman–Crippen LogP) is 2.89. The molecule has 2 aromatic carbocycles. The van der Waals surface area contributed by atoms with Gasteiger partial charge in [0.15, 0.2) is 6.23 Å². The summed E-state index contributed by atoms with van der Waals surface area (Å²) in [5.41, 5.74) is 7.39. The molecule has 0 saturated carbocycles. The first-order valence-corrected chi connectivity index (χ1v) is 11.5. The molecule has 2 atom stereocenters. The molecule has 2 aromatic rings. The molecule has 1 fully saturated rings. The van der Waals surface area contributed by atoms with Crippen LogP contribution in [0.2, 0.25) is 5.02 Å². The molecule has 1 aliphatic heterocycles. The lowest BCUT2D eigenvalue weighted by atomic mass is 10.0. The summed E-state index contributed by atoms with van der Waals surface area (Å²) in [6.07, 6.45) is 1.46. The number of likely N-dealkylation sites (tertiary alicyclic amines) is 1. The zero-order chi connectivity index (χ0) is 22.9. The number of carbonyl (C=O) groups is 1. The molecule has 0 radical (unpaired) electrons. The highest BCUT2D eigenvalue weighted by Crippen LogP contribution is 2.19. The quantitative estimate of drug-likeness (QED) is 0.408. The Kier molecular flexibility index (Phi) is 9.17. The van der Waals surface area contributed by atoms with E-state index in [-0.39, 0.29) is 6.04 Å². The van der Waals surface area contributed by atoms with E-state index < -0.39 is 18.4 Å². The Labute approximate surface area is 194 Å². The number of hydrogen-bond donors (Lipinski definition) is 4. The molecule has 32 heavy (non-hydrogen) atoms. The molecule has 3 rings (SSSR count). The van der Waals surface area contributed by atoms with Gasteiger partial charge in [0.1, 0.15) is 11.9 Å². The highest BCUT2D eigenvalue weighted by Gasteiger charge is 2.25. The van der Waals surface area contributed by atoms with Crippen LogP contribution in [0.3, 0.4) is 0 Å². The summed E-state index contributed by atoms with van der Waals surface area (Å²) in [6, 6.07) is 15.4. The van der Waals surface area contributed by atoms with Crippen LogP contribution in [0.5, 0.6) is 5.75 Å². The molecule has 8 heteroatoms. The average molecular weight is 461 g/mol. The van der Waals surface area contributed by atoms with Crippen molar-refractivity contribution in [1.29, 1.82) is 0 Å². The molecule has 2 amide bonds. The van der Waals surface area contributed by atoms with Crippen molar-refractivity contribution in [3.63, 3.8) is 0 Å². The summed E-state index contributed by atoms with van der Waals surface area (Å²) in [6.45, 7) is 5.07. The lowest BCUT2D eigenvalue weighted by Crippen LogP contribution is -2.51. The fourth-order valence-corrected chi connectivity index (χ4v) is 3.99. The van der Waals surface area contributed by atoms with Crippen molar-refractivity contribution in [3.8, 4) is 5.75 Å². The molecule has 174 valence electrons. The molecule has 5 N–H and O–H groups in total. The summed E-state index contributed by atoms with van der Waals surface area (Å²) in [4.78, 5) is 13.3. The minimum Gasteiger partial charge on any atom is -0.473 e. The zero-order valence-corrected chi connectivity index (χ0v) is 19.2.